The highest BCUT2D eigenvalue weighted by molar-refractivity contribution is 8.00. The molecule has 1 amide bonds. The molecular formula is C22H23N3OS. The van der Waals surface area contributed by atoms with E-state index in [1.807, 2.05) is 54.3 Å². The molecule has 0 N–H and O–H groups in total. The number of fused-ring (bicyclic) bond motifs is 1. The Morgan fingerprint density at radius 1 is 1.07 bits per heavy atom. The zero-order valence-electron chi connectivity index (χ0n) is 15.5. The van der Waals surface area contributed by atoms with Gasteiger partial charge in [-0.25, -0.2) is 9.97 Å². The van der Waals surface area contributed by atoms with Crippen molar-refractivity contribution in [1.82, 2.24) is 14.9 Å². The maximum Gasteiger partial charge on any atom is 0.233 e. The number of hydrogen-bond acceptors (Lipinski definition) is 4. The summed E-state index contributed by atoms with van der Waals surface area (Å²) in [5, 5.41) is 1.96. The highest BCUT2D eigenvalue weighted by Gasteiger charge is 2.27. The zero-order chi connectivity index (χ0) is 18.6. The minimum absolute atomic E-state index is 0.141. The number of thioether (sulfide) groups is 1. The van der Waals surface area contributed by atoms with Crippen LogP contribution in [0.1, 0.15) is 37.1 Å². The van der Waals surface area contributed by atoms with Crippen molar-refractivity contribution in [1.29, 1.82) is 0 Å². The third kappa shape index (κ3) is 4.30. The fourth-order valence-corrected chi connectivity index (χ4v) is 4.03. The van der Waals surface area contributed by atoms with E-state index in [4.69, 9.17) is 9.97 Å². The second-order valence-corrected chi connectivity index (χ2v) is 7.82. The lowest BCUT2D eigenvalue weighted by Gasteiger charge is -2.21. The fraction of sp³-hybridized carbons (Fsp3) is 0.318. The van der Waals surface area contributed by atoms with Crippen LogP contribution in [-0.2, 0) is 11.3 Å². The number of rotatable bonds is 7. The number of nitrogens with zero attached hydrogens (tertiary/aromatic N) is 3. The molecule has 138 valence electrons. The Bertz CT molecular complexity index is 941. The topological polar surface area (TPSA) is 46.1 Å². The second kappa shape index (κ2) is 8.09. The molecule has 0 unspecified atom stereocenters. The highest BCUT2D eigenvalue weighted by Crippen LogP contribution is 2.39. The standard InChI is InChI=1S/C22H23N3OS/c1-2-25(14-16-8-4-3-5-9-16)20(26)15-27-22-18-10-6-7-11-19(18)23-21(24-22)17-12-13-17/h3-11,17H,2,12-15H2,1H3. The number of aromatic nitrogens is 2. The smallest absolute Gasteiger partial charge is 0.233 e. The molecule has 1 aliphatic carbocycles. The van der Waals surface area contributed by atoms with Gasteiger partial charge in [0.25, 0.3) is 0 Å². The largest absolute Gasteiger partial charge is 0.338 e. The lowest BCUT2D eigenvalue weighted by Crippen LogP contribution is -2.31. The quantitative estimate of drug-likeness (QED) is 0.444. The van der Waals surface area contributed by atoms with E-state index in [9.17, 15) is 4.79 Å². The number of benzene rings is 2. The summed E-state index contributed by atoms with van der Waals surface area (Å²) in [6, 6.07) is 18.2. The van der Waals surface area contributed by atoms with Crippen LogP contribution in [0, 0.1) is 0 Å². The van der Waals surface area contributed by atoms with Crippen LogP contribution in [0.25, 0.3) is 10.9 Å². The van der Waals surface area contributed by atoms with Gasteiger partial charge in [0.05, 0.1) is 11.3 Å². The van der Waals surface area contributed by atoms with E-state index in [-0.39, 0.29) is 5.91 Å². The summed E-state index contributed by atoms with van der Waals surface area (Å²) >= 11 is 1.53. The first-order chi connectivity index (χ1) is 13.2. The van der Waals surface area contributed by atoms with Crippen molar-refractivity contribution in [3.8, 4) is 0 Å². The van der Waals surface area contributed by atoms with Crippen LogP contribution in [0.5, 0.6) is 0 Å². The molecule has 0 atom stereocenters. The highest BCUT2D eigenvalue weighted by atomic mass is 32.2. The molecule has 0 aliphatic heterocycles. The Hall–Kier alpha value is -2.40. The van der Waals surface area contributed by atoms with Gasteiger partial charge in [-0.1, -0.05) is 60.3 Å². The van der Waals surface area contributed by atoms with E-state index >= 15 is 0 Å². The van der Waals surface area contributed by atoms with Gasteiger partial charge < -0.3 is 4.90 Å². The predicted molar refractivity (Wildman–Crippen MR) is 110 cm³/mol. The van der Waals surface area contributed by atoms with E-state index in [1.54, 1.807) is 0 Å². The Morgan fingerprint density at radius 2 is 1.81 bits per heavy atom. The molecular weight excluding hydrogens is 354 g/mol. The van der Waals surface area contributed by atoms with E-state index in [1.165, 1.54) is 24.6 Å². The lowest BCUT2D eigenvalue weighted by molar-refractivity contribution is -0.128. The Balaban J connectivity index is 1.49. The van der Waals surface area contributed by atoms with Crippen LogP contribution in [0.2, 0.25) is 0 Å². The molecule has 3 aromatic rings. The van der Waals surface area contributed by atoms with Gasteiger partial charge in [0.15, 0.2) is 0 Å². The van der Waals surface area contributed by atoms with Crippen molar-refractivity contribution in [2.24, 2.45) is 0 Å². The van der Waals surface area contributed by atoms with Crippen LogP contribution >= 0.6 is 11.8 Å². The summed E-state index contributed by atoms with van der Waals surface area (Å²) < 4.78 is 0. The van der Waals surface area contributed by atoms with Crippen LogP contribution in [0.3, 0.4) is 0 Å². The second-order valence-electron chi connectivity index (χ2n) is 6.86. The molecule has 4 rings (SSSR count). The fourth-order valence-electron chi connectivity index (χ4n) is 3.10. The summed E-state index contributed by atoms with van der Waals surface area (Å²) in [6.07, 6.45) is 2.34. The molecule has 0 bridgehead atoms. The number of para-hydroxylation sites is 1. The van der Waals surface area contributed by atoms with E-state index in [2.05, 4.69) is 12.1 Å². The van der Waals surface area contributed by atoms with Crippen molar-refractivity contribution in [3.63, 3.8) is 0 Å². The maximum atomic E-state index is 12.8. The van der Waals surface area contributed by atoms with Crippen molar-refractivity contribution in [2.45, 2.75) is 37.3 Å². The average molecular weight is 378 g/mol. The van der Waals surface area contributed by atoms with Gasteiger partial charge in [-0.15, -0.1) is 0 Å². The summed E-state index contributed by atoms with van der Waals surface area (Å²) in [5.41, 5.74) is 2.13. The molecule has 0 saturated heterocycles. The lowest BCUT2D eigenvalue weighted by atomic mass is 10.2. The van der Waals surface area contributed by atoms with Gasteiger partial charge in [-0.05, 0) is 31.4 Å². The summed E-state index contributed by atoms with van der Waals surface area (Å²) in [7, 11) is 0. The van der Waals surface area contributed by atoms with Crippen LogP contribution < -0.4 is 0 Å². The first-order valence-electron chi connectivity index (χ1n) is 9.45. The van der Waals surface area contributed by atoms with Gasteiger partial charge >= 0.3 is 0 Å². The molecule has 1 fully saturated rings. The molecule has 1 saturated carbocycles. The third-order valence-electron chi connectivity index (χ3n) is 4.81. The van der Waals surface area contributed by atoms with Gasteiger partial charge in [-0.3, -0.25) is 4.79 Å². The molecule has 2 aromatic carbocycles. The van der Waals surface area contributed by atoms with Gasteiger partial charge in [0.1, 0.15) is 10.9 Å². The normalized spacial score (nSPS) is 13.7. The predicted octanol–water partition coefficient (Wildman–Crippen LogP) is 4.65. The van der Waals surface area contributed by atoms with Gasteiger partial charge in [0.2, 0.25) is 5.91 Å². The number of amides is 1. The summed E-state index contributed by atoms with van der Waals surface area (Å²) in [5.74, 6) is 1.96. The summed E-state index contributed by atoms with van der Waals surface area (Å²) in [4.78, 5) is 24.2. The van der Waals surface area contributed by atoms with Crippen molar-refractivity contribution in [2.75, 3.05) is 12.3 Å². The van der Waals surface area contributed by atoms with Gasteiger partial charge in [-0.2, -0.15) is 0 Å². The molecule has 0 radical (unpaired) electrons. The Kier molecular flexibility index (Phi) is 5.39. The van der Waals surface area contributed by atoms with Gasteiger partial charge in [0, 0.05) is 24.4 Å². The first-order valence-corrected chi connectivity index (χ1v) is 10.4. The number of carbonyl (C=O) groups is 1. The monoisotopic (exact) mass is 377 g/mol. The number of carbonyl (C=O) groups excluding carboxylic acids is 1. The van der Waals surface area contributed by atoms with Crippen LogP contribution in [0.15, 0.2) is 59.6 Å². The van der Waals surface area contributed by atoms with Crippen LogP contribution in [0.4, 0.5) is 0 Å². The zero-order valence-corrected chi connectivity index (χ0v) is 16.3. The maximum absolute atomic E-state index is 12.8. The Morgan fingerprint density at radius 3 is 2.56 bits per heavy atom. The van der Waals surface area contributed by atoms with E-state index < -0.39 is 0 Å². The van der Waals surface area contributed by atoms with Crippen molar-refractivity contribution < 1.29 is 4.79 Å². The minimum atomic E-state index is 0.141. The number of hydrogen-bond donors (Lipinski definition) is 0. The molecule has 0 spiro atoms. The van der Waals surface area contributed by atoms with Crippen molar-refractivity contribution >= 4 is 28.6 Å². The van der Waals surface area contributed by atoms with E-state index in [0.717, 1.165) is 27.3 Å². The van der Waals surface area contributed by atoms with Crippen molar-refractivity contribution in [3.05, 3.63) is 66.0 Å². The molecule has 1 heterocycles. The molecule has 27 heavy (non-hydrogen) atoms. The Labute approximate surface area is 164 Å². The minimum Gasteiger partial charge on any atom is -0.338 e. The average Bonchev–Trinajstić information content (AvgIpc) is 3.56. The SMILES string of the molecule is CCN(Cc1ccccc1)C(=O)CSc1nc(C2CC2)nc2ccccc12. The third-order valence-corrected chi connectivity index (χ3v) is 5.79. The molecule has 4 nitrogen and oxygen atoms in total. The first kappa shape index (κ1) is 18.0. The molecule has 5 heteroatoms. The van der Waals surface area contributed by atoms with E-state index in [0.29, 0.717) is 24.8 Å². The molecule has 1 aromatic heterocycles. The summed E-state index contributed by atoms with van der Waals surface area (Å²) in [6.45, 7) is 3.37. The van der Waals surface area contributed by atoms with Crippen LogP contribution in [-0.4, -0.2) is 33.1 Å². The molecule has 1 aliphatic rings.